The van der Waals surface area contributed by atoms with Crippen molar-refractivity contribution in [1.82, 2.24) is 0 Å². The number of halogens is 1. The van der Waals surface area contributed by atoms with Crippen LogP contribution < -0.4 is 0 Å². The van der Waals surface area contributed by atoms with Gasteiger partial charge in [-0.3, -0.25) is 4.79 Å². The summed E-state index contributed by atoms with van der Waals surface area (Å²) in [5.41, 5.74) is 1.03. The highest BCUT2D eigenvalue weighted by Gasteiger charge is 2.01. The molecule has 0 aliphatic rings. The summed E-state index contributed by atoms with van der Waals surface area (Å²) >= 11 is 7.10. The zero-order valence-electron chi connectivity index (χ0n) is 7.42. The van der Waals surface area contributed by atoms with Crippen molar-refractivity contribution in [1.29, 1.82) is 0 Å². The van der Waals surface area contributed by atoms with Gasteiger partial charge in [-0.15, -0.1) is 23.4 Å². The first-order valence-corrected chi connectivity index (χ1v) is 5.73. The molecule has 13 heavy (non-hydrogen) atoms. The molecule has 1 nitrogen and oxygen atoms in total. The van der Waals surface area contributed by atoms with Crippen LogP contribution in [0, 0.1) is 0 Å². The van der Waals surface area contributed by atoms with E-state index in [1.165, 1.54) is 4.90 Å². The maximum atomic E-state index is 11.0. The minimum absolute atomic E-state index is 0.0681. The maximum absolute atomic E-state index is 11.0. The molecule has 0 aromatic heterocycles. The second kappa shape index (κ2) is 5.30. The van der Waals surface area contributed by atoms with Gasteiger partial charge in [0, 0.05) is 11.3 Å². The lowest BCUT2D eigenvalue weighted by molar-refractivity contribution is -0.116. The monoisotopic (exact) mass is 214 g/mol. The Morgan fingerprint density at radius 2 is 2.00 bits per heavy atom. The summed E-state index contributed by atoms with van der Waals surface area (Å²) in [6.45, 7) is 0. The lowest BCUT2D eigenvalue weighted by Gasteiger charge is -1.99. The van der Waals surface area contributed by atoms with Crippen molar-refractivity contribution in [2.45, 2.75) is 11.3 Å². The molecular weight excluding hydrogens is 204 g/mol. The van der Waals surface area contributed by atoms with E-state index < -0.39 is 0 Å². The number of rotatable bonds is 4. The van der Waals surface area contributed by atoms with E-state index in [-0.39, 0.29) is 11.7 Å². The number of alkyl halides is 1. The Morgan fingerprint density at radius 1 is 1.38 bits per heavy atom. The highest BCUT2D eigenvalue weighted by molar-refractivity contribution is 7.98. The van der Waals surface area contributed by atoms with Gasteiger partial charge < -0.3 is 0 Å². The number of hydrogen-bond donors (Lipinski definition) is 0. The Hall–Kier alpha value is -0.470. The highest BCUT2D eigenvalue weighted by Crippen LogP contribution is 2.15. The smallest absolute Gasteiger partial charge is 0.151 e. The van der Waals surface area contributed by atoms with E-state index in [0.29, 0.717) is 6.42 Å². The fourth-order valence-corrected chi connectivity index (χ4v) is 1.52. The quantitative estimate of drug-likeness (QED) is 0.567. The van der Waals surface area contributed by atoms with Gasteiger partial charge in [-0.05, 0) is 24.0 Å². The molecule has 0 amide bonds. The summed E-state index contributed by atoms with van der Waals surface area (Å²) in [7, 11) is 0. The van der Waals surface area contributed by atoms with E-state index in [4.69, 9.17) is 11.6 Å². The number of carbonyl (C=O) groups is 1. The van der Waals surface area contributed by atoms with E-state index in [2.05, 4.69) is 0 Å². The van der Waals surface area contributed by atoms with Crippen molar-refractivity contribution < 1.29 is 4.79 Å². The Balaban J connectivity index is 2.64. The maximum Gasteiger partial charge on any atom is 0.151 e. The molecule has 70 valence electrons. The minimum Gasteiger partial charge on any atom is -0.298 e. The molecule has 0 heterocycles. The standard InChI is InChI=1S/C10H11ClOS/c1-13-10-4-2-8(3-5-10)6-9(12)7-11/h2-5H,6-7H2,1H3. The average Bonchev–Trinajstić information content (AvgIpc) is 2.19. The number of Topliss-reactive ketones (excluding diaryl/α,β-unsaturated/α-hetero) is 1. The first-order chi connectivity index (χ1) is 6.26. The molecule has 1 rings (SSSR count). The Bertz CT molecular complexity index is 281. The topological polar surface area (TPSA) is 17.1 Å². The molecule has 1 aromatic rings. The summed E-state index contributed by atoms with van der Waals surface area (Å²) in [5.74, 6) is 0.170. The Morgan fingerprint density at radius 3 is 2.46 bits per heavy atom. The second-order valence-corrected chi connectivity index (χ2v) is 3.84. The summed E-state index contributed by atoms with van der Waals surface area (Å²) in [5, 5.41) is 0. The number of ketones is 1. The van der Waals surface area contributed by atoms with E-state index >= 15 is 0 Å². The zero-order valence-corrected chi connectivity index (χ0v) is 8.99. The second-order valence-electron chi connectivity index (χ2n) is 2.70. The molecule has 0 saturated carbocycles. The van der Waals surface area contributed by atoms with Gasteiger partial charge in [-0.2, -0.15) is 0 Å². The molecule has 0 unspecified atom stereocenters. The summed E-state index contributed by atoms with van der Waals surface area (Å²) in [6.07, 6.45) is 2.47. The van der Waals surface area contributed by atoms with Crippen LogP contribution in [0.2, 0.25) is 0 Å². The number of benzene rings is 1. The molecule has 0 aliphatic heterocycles. The number of hydrogen-bond acceptors (Lipinski definition) is 2. The van der Waals surface area contributed by atoms with Crippen molar-refractivity contribution in [3.05, 3.63) is 29.8 Å². The lowest BCUT2D eigenvalue weighted by atomic mass is 10.1. The average molecular weight is 215 g/mol. The van der Waals surface area contributed by atoms with E-state index in [9.17, 15) is 4.79 Å². The highest BCUT2D eigenvalue weighted by atomic mass is 35.5. The van der Waals surface area contributed by atoms with Crippen molar-refractivity contribution in [2.75, 3.05) is 12.1 Å². The zero-order chi connectivity index (χ0) is 9.68. The third-order valence-electron chi connectivity index (χ3n) is 1.71. The summed E-state index contributed by atoms with van der Waals surface area (Å²) in [6, 6.07) is 7.97. The van der Waals surface area contributed by atoms with E-state index in [1.54, 1.807) is 11.8 Å². The third kappa shape index (κ3) is 3.41. The van der Waals surface area contributed by atoms with Crippen LogP contribution in [0.5, 0.6) is 0 Å². The first-order valence-electron chi connectivity index (χ1n) is 3.97. The number of thioether (sulfide) groups is 1. The molecule has 0 atom stereocenters. The Kier molecular flexibility index (Phi) is 4.33. The van der Waals surface area contributed by atoms with Crippen molar-refractivity contribution in [3.63, 3.8) is 0 Å². The predicted molar refractivity (Wildman–Crippen MR) is 57.7 cm³/mol. The van der Waals surface area contributed by atoms with Crippen LogP contribution in [0.1, 0.15) is 5.56 Å². The van der Waals surface area contributed by atoms with Crippen LogP contribution >= 0.6 is 23.4 Å². The normalized spacial score (nSPS) is 10.0. The lowest BCUT2D eigenvalue weighted by Crippen LogP contribution is -2.03. The Labute approximate surface area is 87.5 Å². The van der Waals surface area contributed by atoms with Gasteiger partial charge in [0.05, 0.1) is 5.88 Å². The fourth-order valence-electron chi connectivity index (χ4n) is 1.02. The van der Waals surface area contributed by atoms with Gasteiger partial charge in [-0.25, -0.2) is 0 Å². The SMILES string of the molecule is CSc1ccc(CC(=O)CCl)cc1. The fraction of sp³-hybridized carbons (Fsp3) is 0.300. The third-order valence-corrected chi connectivity index (χ3v) is 2.75. The predicted octanol–water partition coefficient (Wildman–Crippen LogP) is 2.76. The van der Waals surface area contributed by atoms with Crippen molar-refractivity contribution >= 4 is 29.1 Å². The molecule has 0 saturated heterocycles. The van der Waals surface area contributed by atoms with Crippen LogP contribution in [-0.4, -0.2) is 17.9 Å². The molecule has 3 heteroatoms. The first kappa shape index (κ1) is 10.6. The largest absolute Gasteiger partial charge is 0.298 e. The van der Waals surface area contributed by atoms with Gasteiger partial charge in [0.25, 0.3) is 0 Å². The van der Waals surface area contributed by atoms with Crippen LogP contribution in [0.3, 0.4) is 0 Å². The molecule has 0 aliphatic carbocycles. The molecule has 0 radical (unpaired) electrons. The van der Waals surface area contributed by atoms with Crippen LogP contribution in [-0.2, 0) is 11.2 Å². The molecule has 0 spiro atoms. The van der Waals surface area contributed by atoms with Crippen LogP contribution in [0.4, 0.5) is 0 Å². The van der Waals surface area contributed by atoms with Gasteiger partial charge in [0.1, 0.15) is 0 Å². The van der Waals surface area contributed by atoms with Gasteiger partial charge in [0.15, 0.2) is 5.78 Å². The molecule has 0 fully saturated rings. The van der Waals surface area contributed by atoms with E-state index in [0.717, 1.165) is 5.56 Å². The van der Waals surface area contributed by atoms with E-state index in [1.807, 2.05) is 30.5 Å². The minimum atomic E-state index is 0.0681. The van der Waals surface area contributed by atoms with Crippen LogP contribution in [0.25, 0.3) is 0 Å². The molecule has 0 bridgehead atoms. The van der Waals surface area contributed by atoms with Crippen molar-refractivity contribution in [3.8, 4) is 0 Å². The van der Waals surface area contributed by atoms with Gasteiger partial charge in [0.2, 0.25) is 0 Å². The molecule has 1 aromatic carbocycles. The van der Waals surface area contributed by atoms with Crippen molar-refractivity contribution in [2.24, 2.45) is 0 Å². The molecule has 0 N–H and O–H groups in total. The van der Waals surface area contributed by atoms with Gasteiger partial charge >= 0.3 is 0 Å². The number of carbonyl (C=O) groups excluding carboxylic acids is 1. The summed E-state index contributed by atoms with van der Waals surface area (Å²) < 4.78 is 0. The summed E-state index contributed by atoms with van der Waals surface area (Å²) in [4.78, 5) is 12.2. The van der Waals surface area contributed by atoms with Crippen LogP contribution in [0.15, 0.2) is 29.2 Å². The van der Waals surface area contributed by atoms with Gasteiger partial charge in [-0.1, -0.05) is 12.1 Å². The molecular formula is C10H11ClOS.